The zero-order chi connectivity index (χ0) is 11.5. The molecule has 0 spiro atoms. The molecule has 1 aliphatic rings. The molecule has 3 heteroatoms. The Morgan fingerprint density at radius 3 is 2.65 bits per heavy atom. The molecular formula is C14H16N2S. The van der Waals surface area contributed by atoms with Crippen molar-refractivity contribution in [2.45, 2.75) is 31.7 Å². The molecule has 1 fully saturated rings. The number of thiazole rings is 1. The van der Waals surface area contributed by atoms with E-state index in [-0.39, 0.29) is 0 Å². The Morgan fingerprint density at radius 2 is 1.88 bits per heavy atom. The van der Waals surface area contributed by atoms with Crippen molar-refractivity contribution in [1.82, 2.24) is 4.98 Å². The van der Waals surface area contributed by atoms with Crippen molar-refractivity contribution in [2.75, 3.05) is 5.32 Å². The maximum Gasteiger partial charge on any atom is 0.183 e. The summed E-state index contributed by atoms with van der Waals surface area (Å²) in [5.74, 6) is 0. The minimum Gasteiger partial charge on any atom is -0.359 e. The summed E-state index contributed by atoms with van der Waals surface area (Å²) in [4.78, 5) is 4.65. The molecule has 1 aliphatic carbocycles. The van der Waals surface area contributed by atoms with Crippen molar-refractivity contribution in [3.8, 4) is 11.3 Å². The van der Waals surface area contributed by atoms with Gasteiger partial charge in [0.05, 0.1) is 5.69 Å². The highest BCUT2D eigenvalue weighted by atomic mass is 32.1. The summed E-state index contributed by atoms with van der Waals surface area (Å²) in [6.45, 7) is 0. The Morgan fingerprint density at radius 1 is 1.12 bits per heavy atom. The Balaban J connectivity index is 1.74. The van der Waals surface area contributed by atoms with Crippen LogP contribution in [0.4, 0.5) is 5.13 Å². The topological polar surface area (TPSA) is 24.9 Å². The number of hydrogen-bond donors (Lipinski definition) is 1. The van der Waals surface area contributed by atoms with Gasteiger partial charge in [-0.15, -0.1) is 11.3 Å². The van der Waals surface area contributed by atoms with Gasteiger partial charge in [0, 0.05) is 17.0 Å². The lowest BCUT2D eigenvalue weighted by Gasteiger charge is -2.09. The lowest BCUT2D eigenvalue weighted by atomic mass is 10.2. The molecule has 1 aromatic carbocycles. The van der Waals surface area contributed by atoms with Crippen molar-refractivity contribution in [1.29, 1.82) is 0 Å². The zero-order valence-corrected chi connectivity index (χ0v) is 10.5. The molecule has 2 aromatic rings. The van der Waals surface area contributed by atoms with E-state index < -0.39 is 0 Å². The highest BCUT2D eigenvalue weighted by molar-refractivity contribution is 7.14. The highest BCUT2D eigenvalue weighted by Gasteiger charge is 2.15. The average molecular weight is 244 g/mol. The van der Waals surface area contributed by atoms with Crippen molar-refractivity contribution in [2.24, 2.45) is 0 Å². The number of anilines is 1. The number of hydrogen-bond acceptors (Lipinski definition) is 3. The predicted molar refractivity (Wildman–Crippen MR) is 73.4 cm³/mol. The molecule has 1 N–H and O–H groups in total. The van der Waals surface area contributed by atoms with Crippen molar-refractivity contribution in [3.05, 3.63) is 35.7 Å². The van der Waals surface area contributed by atoms with Crippen molar-refractivity contribution < 1.29 is 0 Å². The first-order chi connectivity index (χ1) is 8.42. The van der Waals surface area contributed by atoms with Crippen molar-refractivity contribution in [3.63, 3.8) is 0 Å². The average Bonchev–Trinajstić information content (AvgIpc) is 3.02. The molecule has 1 aromatic heterocycles. The first kappa shape index (κ1) is 10.8. The summed E-state index contributed by atoms with van der Waals surface area (Å²) < 4.78 is 0. The fraction of sp³-hybridized carbons (Fsp3) is 0.357. The van der Waals surface area contributed by atoms with Crippen LogP contribution in [0.3, 0.4) is 0 Å². The SMILES string of the molecule is c1ccc(-c2csc(NC3CCCC3)n2)cc1. The van der Waals surface area contributed by atoms with Gasteiger partial charge in [-0.05, 0) is 12.8 Å². The molecule has 0 saturated heterocycles. The van der Waals surface area contributed by atoms with E-state index in [1.165, 1.54) is 31.2 Å². The smallest absolute Gasteiger partial charge is 0.183 e. The first-order valence-electron chi connectivity index (χ1n) is 6.19. The number of benzene rings is 1. The van der Waals surface area contributed by atoms with E-state index >= 15 is 0 Å². The van der Waals surface area contributed by atoms with Crippen LogP contribution in [0.1, 0.15) is 25.7 Å². The lowest BCUT2D eigenvalue weighted by Crippen LogP contribution is -2.13. The summed E-state index contributed by atoms with van der Waals surface area (Å²) in [6.07, 6.45) is 5.30. The van der Waals surface area contributed by atoms with Gasteiger partial charge >= 0.3 is 0 Å². The number of nitrogens with one attached hydrogen (secondary N) is 1. The molecule has 0 unspecified atom stereocenters. The summed E-state index contributed by atoms with van der Waals surface area (Å²) in [5.41, 5.74) is 2.28. The summed E-state index contributed by atoms with van der Waals surface area (Å²) in [6, 6.07) is 11.0. The second-order valence-corrected chi connectivity index (χ2v) is 5.39. The van der Waals surface area contributed by atoms with Crippen LogP contribution in [0.5, 0.6) is 0 Å². The number of rotatable bonds is 3. The first-order valence-corrected chi connectivity index (χ1v) is 7.07. The molecule has 3 rings (SSSR count). The van der Waals surface area contributed by atoms with Crippen molar-refractivity contribution >= 4 is 16.5 Å². The summed E-state index contributed by atoms with van der Waals surface area (Å²) in [5, 5.41) is 6.74. The van der Waals surface area contributed by atoms with E-state index in [2.05, 4.69) is 39.9 Å². The summed E-state index contributed by atoms with van der Waals surface area (Å²) in [7, 11) is 0. The Labute approximate surface area is 106 Å². The molecule has 0 bridgehead atoms. The Hall–Kier alpha value is -1.35. The largest absolute Gasteiger partial charge is 0.359 e. The third kappa shape index (κ3) is 2.50. The van der Waals surface area contributed by atoms with Crippen LogP contribution in [-0.2, 0) is 0 Å². The van der Waals surface area contributed by atoms with E-state index in [0.29, 0.717) is 6.04 Å². The van der Waals surface area contributed by atoms with Crippen LogP contribution >= 0.6 is 11.3 Å². The second-order valence-electron chi connectivity index (χ2n) is 4.53. The third-order valence-electron chi connectivity index (χ3n) is 3.26. The normalized spacial score (nSPS) is 16.2. The van der Waals surface area contributed by atoms with Crippen LogP contribution in [0, 0.1) is 0 Å². The van der Waals surface area contributed by atoms with E-state index in [1.807, 2.05) is 6.07 Å². The molecule has 0 amide bonds. The lowest BCUT2D eigenvalue weighted by molar-refractivity contribution is 0.754. The Kier molecular flexibility index (Phi) is 3.10. The maximum atomic E-state index is 4.65. The molecule has 88 valence electrons. The highest BCUT2D eigenvalue weighted by Crippen LogP contribution is 2.27. The fourth-order valence-electron chi connectivity index (χ4n) is 2.33. The molecule has 1 heterocycles. The molecular weight excluding hydrogens is 228 g/mol. The number of aromatic nitrogens is 1. The zero-order valence-electron chi connectivity index (χ0n) is 9.73. The van der Waals surface area contributed by atoms with Gasteiger partial charge in [0.15, 0.2) is 5.13 Å². The molecule has 17 heavy (non-hydrogen) atoms. The van der Waals surface area contributed by atoms with Gasteiger partial charge in [0.25, 0.3) is 0 Å². The van der Waals surface area contributed by atoms with E-state index in [9.17, 15) is 0 Å². The minimum atomic E-state index is 0.643. The van der Waals surface area contributed by atoms with Gasteiger partial charge in [0.1, 0.15) is 0 Å². The van der Waals surface area contributed by atoms with Gasteiger partial charge in [0.2, 0.25) is 0 Å². The van der Waals surface area contributed by atoms with Crippen LogP contribution < -0.4 is 5.32 Å². The van der Waals surface area contributed by atoms with E-state index in [4.69, 9.17) is 0 Å². The second kappa shape index (κ2) is 4.88. The quantitative estimate of drug-likeness (QED) is 0.876. The molecule has 0 atom stereocenters. The molecule has 0 aliphatic heterocycles. The number of nitrogens with zero attached hydrogens (tertiary/aromatic N) is 1. The fourth-order valence-corrected chi connectivity index (χ4v) is 3.12. The maximum absolute atomic E-state index is 4.65. The monoisotopic (exact) mass is 244 g/mol. The van der Waals surface area contributed by atoms with Crippen LogP contribution in [0.25, 0.3) is 11.3 Å². The van der Waals surface area contributed by atoms with Crippen LogP contribution in [0.2, 0.25) is 0 Å². The molecule has 2 nitrogen and oxygen atoms in total. The molecule has 1 saturated carbocycles. The van der Waals surface area contributed by atoms with E-state index in [1.54, 1.807) is 11.3 Å². The third-order valence-corrected chi connectivity index (χ3v) is 4.03. The standard InChI is InChI=1S/C14H16N2S/c1-2-6-11(7-3-1)13-10-17-14(16-13)15-12-8-4-5-9-12/h1-3,6-7,10,12H,4-5,8-9H2,(H,15,16). The van der Waals surface area contributed by atoms with Gasteiger partial charge in [-0.3, -0.25) is 0 Å². The minimum absolute atomic E-state index is 0.643. The predicted octanol–water partition coefficient (Wildman–Crippen LogP) is 4.16. The van der Waals surface area contributed by atoms with Gasteiger partial charge in [-0.2, -0.15) is 0 Å². The van der Waals surface area contributed by atoms with E-state index in [0.717, 1.165) is 10.8 Å². The van der Waals surface area contributed by atoms with Crippen LogP contribution in [0.15, 0.2) is 35.7 Å². The summed E-state index contributed by atoms with van der Waals surface area (Å²) >= 11 is 1.71. The van der Waals surface area contributed by atoms with Gasteiger partial charge < -0.3 is 5.32 Å². The van der Waals surface area contributed by atoms with Gasteiger partial charge in [-0.25, -0.2) is 4.98 Å². The van der Waals surface area contributed by atoms with Crippen LogP contribution in [-0.4, -0.2) is 11.0 Å². The molecule has 0 radical (unpaired) electrons. The Bertz CT molecular complexity index is 472. The van der Waals surface area contributed by atoms with Gasteiger partial charge in [-0.1, -0.05) is 43.2 Å².